The SMILES string of the molecule is CCCC(C)(CNCC)CN1CCCOCC1. The number of hydrogen-bond acceptors (Lipinski definition) is 3. The molecule has 0 aromatic carbocycles. The lowest BCUT2D eigenvalue weighted by Crippen LogP contribution is -2.43. The molecule has 1 fully saturated rings. The third-order valence-corrected chi connectivity index (χ3v) is 3.58. The summed E-state index contributed by atoms with van der Waals surface area (Å²) in [4.78, 5) is 2.58. The van der Waals surface area contributed by atoms with Crippen LogP contribution >= 0.6 is 0 Å². The summed E-state index contributed by atoms with van der Waals surface area (Å²) < 4.78 is 5.52. The predicted molar refractivity (Wildman–Crippen MR) is 73.4 cm³/mol. The van der Waals surface area contributed by atoms with Crippen molar-refractivity contribution >= 4 is 0 Å². The van der Waals surface area contributed by atoms with Gasteiger partial charge in [-0.05, 0) is 24.8 Å². The minimum absolute atomic E-state index is 0.412. The van der Waals surface area contributed by atoms with E-state index < -0.39 is 0 Å². The molecule has 1 aliphatic heterocycles. The van der Waals surface area contributed by atoms with Crippen LogP contribution in [0.2, 0.25) is 0 Å². The van der Waals surface area contributed by atoms with E-state index in [9.17, 15) is 0 Å². The van der Waals surface area contributed by atoms with Crippen molar-refractivity contribution in [2.45, 2.75) is 40.0 Å². The number of nitrogens with one attached hydrogen (secondary N) is 1. The molecule has 0 radical (unpaired) electrons. The van der Waals surface area contributed by atoms with Crippen molar-refractivity contribution in [3.8, 4) is 0 Å². The summed E-state index contributed by atoms with van der Waals surface area (Å²) in [7, 11) is 0. The average molecular weight is 242 g/mol. The standard InChI is InChI=1S/C14H30N2O/c1-4-7-14(3,12-15-5-2)13-16-8-6-10-17-11-9-16/h15H,4-13H2,1-3H3. The second-order valence-corrected chi connectivity index (χ2v) is 5.58. The zero-order valence-electron chi connectivity index (χ0n) is 11.9. The van der Waals surface area contributed by atoms with Crippen molar-refractivity contribution in [3.63, 3.8) is 0 Å². The molecule has 3 nitrogen and oxygen atoms in total. The molecule has 0 aromatic heterocycles. The van der Waals surface area contributed by atoms with Crippen LogP contribution in [-0.4, -0.2) is 50.8 Å². The molecule has 3 heteroatoms. The summed E-state index contributed by atoms with van der Waals surface area (Å²) in [5, 5.41) is 3.52. The minimum Gasteiger partial charge on any atom is -0.380 e. The van der Waals surface area contributed by atoms with E-state index in [1.165, 1.54) is 32.4 Å². The normalized spacial score (nSPS) is 22.1. The van der Waals surface area contributed by atoms with Gasteiger partial charge in [-0.3, -0.25) is 0 Å². The fraction of sp³-hybridized carbons (Fsp3) is 1.00. The van der Waals surface area contributed by atoms with E-state index in [1.807, 2.05) is 0 Å². The fourth-order valence-electron chi connectivity index (χ4n) is 2.75. The topological polar surface area (TPSA) is 24.5 Å². The van der Waals surface area contributed by atoms with Crippen molar-refractivity contribution in [1.82, 2.24) is 10.2 Å². The highest BCUT2D eigenvalue weighted by atomic mass is 16.5. The third-order valence-electron chi connectivity index (χ3n) is 3.58. The summed E-state index contributed by atoms with van der Waals surface area (Å²) in [6.07, 6.45) is 3.76. The molecule has 0 aliphatic carbocycles. The largest absolute Gasteiger partial charge is 0.380 e. The van der Waals surface area contributed by atoms with Gasteiger partial charge in [-0.15, -0.1) is 0 Å². The van der Waals surface area contributed by atoms with E-state index in [0.29, 0.717) is 5.41 Å². The summed E-state index contributed by atoms with van der Waals surface area (Å²) in [5.74, 6) is 0. The highest BCUT2D eigenvalue weighted by Crippen LogP contribution is 2.24. The van der Waals surface area contributed by atoms with Gasteiger partial charge < -0.3 is 15.0 Å². The zero-order chi connectivity index (χ0) is 12.6. The van der Waals surface area contributed by atoms with Gasteiger partial charge in [0.2, 0.25) is 0 Å². The predicted octanol–water partition coefficient (Wildman–Crippen LogP) is 2.12. The first-order chi connectivity index (χ1) is 8.20. The average Bonchev–Trinajstić information content (AvgIpc) is 2.55. The van der Waals surface area contributed by atoms with E-state index in [4.69, 9.17) is 4.74 Å². The second-order valence-electron chi connectivity index (χ2n) is 5.58. The van der Waals surface area contributed by atoms with Crippen LogP contribution in [0.15, 0.2) is 0 Å². The van der Waals surface area contributed by atoms with Crippen LogP contribution in [0.3, 0.4) is 0 Å². The van der Waals surface area contributed by atoms with E-state index >= 15 is 0 Å². The van der Waals surface area contributed by atoms with Gasteiger partial charge in [0.25, 0.3) is 0 Å². The Morgan fingerprint density at radius 2 is 2.06 bits per heavy atom. The van der Waals surface area contributed by atoms with Crippen molar-refractivity contribution in [1.29, 1.82) is 0 Å². The van der Waals surface area contributed by atoms with Gasteiger partial charge in [-0.1, -0.05) is 27.2 Å². The Hall–Kier alpha value is -0.120. The first kappa shape index (κ1) is 14.9. The van der Waals surface area contributed by atoms with Crippen LogP contribution < -0.4 is 5.32 Å². The molecule has 1 unspecified atom stereocenters. The van der Waals surface area contributed by atoms with E-state index in [1.54, 1.807) is 0 Å². The van der Waals surface area contributed by atoms with Gasteiger partial charge in [0.15, 0.2) is 0 Å². The first-order valence-corrected chi connectivity index (χ1v) is 7.21. The molecule has 1 aliphatic rings. The molecule has 1 rings (SSSR count). The summed E-state index contributed by atoms with van der Waals surface area (Å²) >= 11 is 0. The fourth-order valence-corrected chi connectivity index (χ4v) is 2.75. The van der Waals surface area contributed by atoms with E-state index in [2.05, 4.69) is 31.0 Å². The van der Waals surface area contributed by atoms with Crippen LogP contribution in [-0.2, 0) is 4.74 Å². The highest BCUT2D eigenvalue weighted by Gasteiger charge is 2.26. The van der Waals surface area contributed by atoms with E-state index in [-0.39, 0.29) is 0 Å². The molecule has 102 valence electrons. The lowest BCUT2D eigenvalue weighted by molar-refractivity contribution is 0.122. The summed E-state index contributed by atoms with van der Waals surface area (Å²) in [5.41, 5.74) is 0.412. The Morgan fingerprint density at radius 3 is 2.76 bits per heavy atom. The van der Waals surface area contributed by atoms with Crippen molar-refractivity contribution in [3.05, 3.63) is 0 Å². The lowest BCUT2D eigenvalue weighted by atomic mass is 9.84. The molecular weight excluding hydrogens is 212 g/mol. The maximum Gasteiger partial charge on any atom is 0.0593 e. The van der Waals surface area contributed by atoms with Crippen LogP contribution in [0.25, 0.3) is 0 Å². The van der Waals surface area contributed by atoms with Gasteiger partial charge in [0, 0.05) is 32.8 Å². The maximum absolute atomic E-state index is 5.52. The molecule has 1 heterocycles. The molecule has 0 spiro atoms. The van der Waals surface area contributed by atoms with Crippen molar-refractivity contribution in [2.75, 3.05) is 45.9 Å². The molecule has 0 amide bonds. The third kappa shape index (κ3) is 5.84. The highest BCUT2D eigenvalue weighted by molar-refractivity contribution is 4.81. The summed E-state index contributed by atoms with van der Waals surface area (Å²) in [6.45, 7) is 14.5. The molecule has 1 saturated heterocycles. The van der Waals surface area contributed by atoms with Gasteiger partial charge >= 0.3 is 0 Å². The number of rotatable bonds is 7. The molecule has 0 saturated carbocycles. The number of ether oxygens (including phenoxy) is 1. The van der Waals surface area contributed by atoms with E-state index in [0.717, 1.165) is 32.8 Å². The molecule has 0 aromatic rings. The quantitative estimate of drug-likeness (QED) is 0.740. The Labute approximate surface area is 107 Å². The Bertz CT molecular complexity index is 191. The molecule has 1 N–H and O–H groups in total. The Balaban J connectivity index is 2.44. The van der Waals surface area contributed by atoms with Gasteiger partial charge in [-0.2, -0.15) is 0 Å². The second kappa shape index (κ2) is 8.06. The van der Waals surface area contributed by atoms with Crippen LogP contribution in [0.4, 0.5) is 0 Å². The molecule has 0 bridgehead atoms. The van der Waals surface area contributed by atoms with Crippen molar-refractivity contribution < 1.29 is 4.74 Å². The molecular formula is C14H30N2O. The van der Waals surface area contributed by atoms with Crippen LogP contribution in [0.5, 0.6) is 0 Å². The van der Waals surface area contributed by atoms with Crippen molar-refractivity contribution in [2.24, 2.45) is 5.41 Å². The monoisotopic (exact) mass is 242 g/mol. The number of nitrogens with zero attached hydrogens (tertiary/aromatic N) is 1. The molecule has 1 atom stereocenters. The van der Waals surface area contributed by atoms with Crippen LogP contribution in [0.1, 0.15) is 40.0 Å². The minimum atomic E-state index is 0.412. The van der Waals surface area contributed by atoms with Gasteiger partial charge in [0.1, 0.15) is 0 Å². The lowest BCUT2D eigenvalue weighted by Gasteiger charge is -2.35. The smallest absolute Gasteiger partial charge is 0.0593 e. The Morgan fingerprint density at radius 1 is 1.24 bits per heavy atom. The Kier molecular flexibility index (Phi) is 7.09. The van der Waals surface area contributed by atoms with Gasteiger partial charge in [0.05, 0.1) is 6.61 Å². The van der Waals surface area contributed by atoms with Crippen LogP contribution in [0, 0.1) is 5.41 Å². The zero-order valence-corrected chi connectivity index (χ0v) is 11.9. The number of hydrogen-bond donors (Lipinski definition) is 1. The summed E-state index contributed by atoms with van der Waals surface area (Å²) in [6, 6.07) is 0. The maximum atomic E-state index is 5.52. The first-order valence-electron chi connectivity index (χ1n) is 7.21. The molecule has 17 heavy (non-hydrogen) atoms. The van der Waals surface area contributed by atoms with Gasteiger partial charge in [-0.25, -0.2) is 0 Å².